The lowest BCUT2D eigenvalue weighted by Crippen LogP contribution is -2.23. The number of benzene rings is 1. The van der Waals surface area contributed by atoms with E-state index in [0.29, 0.717) is 12.1 Å². The van der Waals surface area contributed by atoms with Crippen LogP contribution in [0, 0.1) is 10.5 Å². The van der Waals surface area contributed by atoms with Gasteiger partial charge in [-0.3, -0.25) is 9.48 Å². The van der Waals surface area contributed by atoms with Crippen LogP contribution in [-0.4, -0.2) is 15.7 Å². The van der Waals surface area contributed by atoms with E-state index in [1.165, 1.54) is 0 Å². The number of rotatable bonds is 3. The number of hydrogen-bond acceptors (Lipinski definition) is 2. The maximum absolute atomic E-state index is 11.9. The van der Waals surface area contributed by atoms with E-state index < -0.39 is 0 Å². The number of carbonyl (C=O) groups is 1. The lowest BCUT2D eigenvalue weighted by Gasteiger charge is -2.05. The maximum atomic E-state index is 11.9. The van der Waals surface area contributed by atoms with E-state index >= 15 is 0 Å². The average molecular weight is 355 g/mol. The topological polar surface area (TPSA) is 46.9 Å². The van der Waals surface area contributed by atoms with Gasteiger partial charge in [0, 0.05) is 34.0 Å². The van der Waals surface area contributed by atoms with Crippen LogP contribution < -0.4 is 5.32 Å². The van der Waals surface area contributed by atoms with E-state index in [4.69, 9.17) is 0 Å². The van der Waals surface area contributed by atoms with Gasteiger partial charge in [0.1, 0.15) is 0 Å². The molecule has 4 nitrogen and oxygen atoms in total. The zero-order chi connectivity index (χ0) is 13.1. The largest absolute Gasteiger partial charge is 0.348 e. The normalized spacial score (nSPS) is 10.4. The monoisotopic (exact) mass is 355 g/mol. The van der Waals surface area contributed by atoms with Crippen LogP contribution in [0.25, 0.3) is 0 Å². The van der Waals surface area contributed by atoms with E-state index in [9.17, 15) is 4.79 Å². The van der Waals surface area contributed by atoms with Crippen molar-refractivity contribution in [3.63, 3.8) is 0 Å². The van der Waals surface area contributed by atoms with Crippen LogP contribution in [0.5, 0.6) is 0 Å². The van der Waals surface area contributed by atoms with Gasteiger partial charge in [-0.15, -0.1) is 0 Å². The van der Waals surface area contributed by atoms with Gasteiger partial charge in [-0.25, -0.2) is 0 Å². The zero-order valence-corrected chi connectivity index (χ0v) is 12.4. The minimum absolute atomic E-state index is 0.0585. The minimum Gasteiger partial charge on any atom is -0.348 e. The second-order valence-electron chi connectivity index (χ2n) is 4.07. The first-order valence-corrected chi connectivity index (χ1v) is 6.67. The van der Waals surface area contributed by atoms with Gasteiger partial charge in [-0.2, -0.15) is 5.10 Å². The van der Waals surface area contributed by atoms with Crippen molar-refractivity contribution in [3.05, 3.63) is 50.9 Å². The quantitative estimate of drug-likeness (QED) is 0.859. The van der Waals surface area contributed by atoms with Crippen LogP contribution >= 0.6 is 22.6 Å². The molecule has 5 heteroatoms. The second kappa shape index (κ2) is 5.51. The first kappa shape index (κ1) is 13.1. The molecule has 0 fully saturated rings. The first-order chi connectivity index (χ1) is 8.58. The van der Waals surface area contributed by atoms with E-state index in [-0.39, 0.29) is 5.91 Å². The van der Waals surface area contributed by atoms with Crippen molar-refractivity contribution < 1.29 is 4.79 Å². The molecule has 0 radical (unpaired) electrons. The lowest BCUT2D eigenvalue weighted by molar-refractivity contribution is 0.0951. The van der Waals surface area contributed by atoms with Gasteiger partial charge in [0.2, 0.25) is 0 Å². The molecule has 0 saturated carbocycles. The molecule has 2 aromatic rings. The molecule has 0 spiro atoms. The summed E-state index contributed by atoms with van der Waals surface area (Å²) in [6.07, 6.45) is 1.78. The SMILES string of the molecule is Cc1c(CNC(=O)c2cccc(I)c2)cnn1C. The number of aryl methyl sites for hydroxylation is 1. The molecule has 1 heterocycles. The average Bonchev–Trinajstić information content (AvgIpc) is 2.67. The van der Waals surface area contributed by atoms with Gasteiger partial charge < -0.3 is 5.32 Å². The molecular weight excluding hydrogens is 341 g/mol. The Balaban J connectivity index is 2.03. The highest BCUT2D eigenvalue weighted by atomic mass is 127. The molecule has 0 saturated heterocycles. The van der Waals surface area contributed by atoms with Crippen LogP contribution in [0.2, 0.25) is 0 Å². The Morgan fingerprint density at radius 2 is 2.28 bits per heavy atom. The Morgan fingerprint density at radius 1 is 1.50 bits per heavy atom. The lowest BCUT2D eigenvalue weighted by atomic mass is 10.2. The molecule has 1 aromatic heterocycles. The number of hydrogen-bond donors (Lipinski definition) is 1. The number of amides is 1. The van der Waals surface area contributed by atoms with Crippen molar-refractivity contribution in [1.82, 2.24) is 15.1 Å². The summed E-state index contributed by atoms with van der Waals surface area (Å²) in [6, 6.07) is 7.52. The van der Waals surface area contributed by atoms with Gasteiger partial charge in [0.05, 0.1) is 6.20 Å². The van der Waals surface area contributed by atoms with Crippen LogP contribution in [0.15, 0.2) is 30.5 Å². The summed E-state index contributed by atoms with van der Waals surface area (Å²) in [4.78, 5) is 11.9. The number of carbonyl (C=O) groups excluding carboxylic acids is 1. The van der Waals surface area contributed by atoms with Gasteiger partial charge >= 0.3 is 0 Å². The summed E-state index contributed by atoms with van der Waals surface area (Å²) in [5.74, 6) is -0.0585. The zero-order valence-electron chi connectivity index (χ0n) is 10.3. The second-order valence-corrected chi connectivity index (χ2v) is 5.32. The van der Waals surface area contributed by atoms with Crippen molar-refractivity contribution in [3.8, 4) is 0 Å². The molecule has 94 valence electrons. The molecule has 0 aliphatic carbocycles. The Bertz CT molecular complexity index is 577. The Labute approximate surface area is 120 Å². The number of nitrogens with one attached hydrogen (secondary N) is 1. The number of aromatic nitrogens is 2. The summed E-state index contributed by atoms with van der Waals surface area (Å²) >= 11 is 2.19. The van der Waals surface area contributed by atoms with Crippen molar-refractivity contribution >= 4 is 28.5 Å². The van der Waals surface area contributed by atoms with Crippen LogP contribution in [0.1, 0.15) is 21.6 Å². The summed E-state index contributed by atoms with van der Waals surface area (Å²) in [5.41, 5.74) is 2.79. The number of halogens is 1. The molecule has 0 aliphatic rings. The van der Waals surface area contributed by atoms with Gasteiger partial charge in [0.15, 0.2) is 0 Å². The van der Waals surface area contributed by atoms with Gasteiger partial charge in [0.25, 0.3) is 5.91 Å². The molecule has 0 aliphatic heterocycles. The third-order valence-electron chi connectivity index (χ3n) is 2.86. The Kier molecular flexibility index (Phi) is 4.00. The molecule has 0 unspecified atom stereocenters. The van der Waals surface area contributed by atoms with E-state index in [1.807, 2.05) is 38.2 Å². The van der Waals surface area contributed by atoms with Gasteiger partial charge in [-0.05, 0) is 47.7 Å². The highest BCUT2D eigenvalue weighted by Gasteiger charge is 2.08. The third-order valence-corrected chi connectivity index (χ3v) is 3.53. The molecule has 0 bridgehead atoms. The smallest absolute Gasteiger partial charge is 0.251 e. The van der Waals surface area contributed by atoms with Crippen molar-refractivity contribution in [2.45, 2.75) is 13.5 Å². The molecule has 0 atom stereocenters. The Morgan fingerprint density at radius 3 is 2.89 bits per heavy atom. The molecule has 18 heavy (non-hydrogen) atoms. The molecular formula is C13H14IN3O. The van der Waals surface area contributed by atoms with Crippen LogP contribution in [0.4, 0.5) is 0 Å². The predicted molar refractivity (Wildman–Crippen MR) is 78.3 cm³/mol. The predicted octanol–water partition coefficient (Wildman–Crippen LogP) is 2.26. The minimum atomic E-state index is -0.0585. The van der Waals surface area contributed by atoms with Crippen molar-refractivity contribution in [2.24, 2.45) is 7.05 Å². The van der Waals surface area contributed by atoms with Crippen molar-refractivity contribution in [2.75, 3.05) is 0 Å². The highest BCUT2D eigenvalue weighted by Crippen LogP contribution is 2.09. The third kappa shape index (κ3) is 2.90. The summed E-state index contributed by atoms with van der Waals surface area (Å²) in [7, 11) is 1.89. The van der Waals surface area contributed by atoms with E-state index in [1.54, 1.807) is 10.9 Å². The molecule has 2 rings (SSSR count). The van der Waals surface area contributed by atoms with Gasteiger partial charge in [-0.1, -0.05) is 6.07 Å². The number of nitrogens with zero attached hydrogens (tertiary/aromatic N) is 2. The summed E-state index contributed by atoms with van der Waals surface area (Å²) in [6.45, 7) is 2.49. The fourth-order valence-electron chi connectivity index (χ4n) is 1.62. The summed E-state index contributed by atoms with van der Waals surface area (Å²) in [5, 5.41) is 7.05. The van der Waals surface area contributed by atoms with Crippen LogP contribution in [-0.2, 0) is 13.6 Å². The fourth-order valence-corrected chi connectivity index (χ4v) is 2.17. The highest BCUT2D eigenvalue weighted by molar-refractivity contribution is 14.1. The standard InChI is InChI=1S/C13H14IN3O/c1-9-11(8-16-17(9)2)7-15-13(18)10-4-3-5-12(14)6-10/h3-6,8H,7H2,1-2H3,(H,15,18). The molecule has 1 N–H and O–H groups in total. The fraction of sp³-hybridized carbons (Fsp3) is 0.231. The first-order valence-electron chi connectivity index (χ1n) is 5.59. The van der Waals surface area contributed by atoms with Crippen LogP contribution in [0.3, 0.4) is 0 Å². The maximum Gasteiger partial charge on any atom is 0.251 e. The molecule has 1 aromatic carbocycles. The Hall–Kier alpha value is -1.37. The van der Waals surface area contributed by atoms with E-state index in [0.717, 1.165) is 14.8 Å². The molecule has 1 amide bonds. The van der Waals surface area contributed by atoms with E-state index in [2.05, 4.69) is 33.0 Å². The summed E-state index contributed by atoms with van der Waals surface area (Å²) < 4.78 is 2.85. The van der Waals surface area contributed by atoms with Crippen molar-refractivity contribution in [1.29, 1.82) is 0 Å².